The van der Waals surface area contributed by atoms with Gasteiger partial charge in [-0.05, 0) is 29.8 Å². The lowest BCUT2D eigenvalue weighted by Gasteiger charge is -2.08. The van der Waals surface area contributed by atoms with Crippen LogP contribution in [0.3, 0.4) is 0 Å². The van der Waals surface area contributed by atoms with Crippen molar-refractivity contribution >= 4 is 35.0 Å². The van der Waals surface area contributed by atoms with Crippen LogP contribution in [-0.2, 0) is 19.4 Å². The van der Waals surface area contributed by atoms with E-state index in [0.717, 1.165) is 22.3 Å². The lowest BCUT2D eigenvalue weighted by Crippen LogP contribution is -2.04. The number of fused-ring (bicyclic) bond motifs is 1. The summed E-state index contributed by atoms with van der Waals surface area (Å²) in [7, 11) is 1.91. The first-order chi connectivity index (χ1) is 13.1. The molecule has 0 atom stereocenters. The quantitative estimate of drug-likeness (QED) is 0.534. The van der Waals surface area contributed by atoms with Gasteiger partial charge >= 0.3 is 0 Å². The van der Waals surface area contributed by atoms with Crippen molar-refractivity contribution in [1.82, 2.24) is 14.8 Å². The summed E-state index contributed by atoms with van der Waals surface area (Å²) >= 11 is 13.7. The van der Waals surface area contributed by atoms with Crippen LogP contribution in [0.4, 0.5) is 0 Å². The molecule has 1 aromatic heterocycles. The van der Waals surface area contributed by atoms with Gasteiger partial charge in [0.25, 0.3) is 0 Å². The normalized spacial score (nSPS) is 12.4. The minimum Gasteiger partial charge on any atom is -0.485 e. The van der Waals surface area contributed by atoms with Crippen molar-refractivity contribution in [2.75, 3.05) is 6.79 Å². The lowest BCUT2D eigenvalue weighted by molar-refractivity contribution is 0.173. The first-order valence-corrected chi connectivity index (χ1v) is 9.82. The van der Waals surface area contributed by atoms with Crippen LogP contribution in [0.2, 0.25) is 10.0 Å². The monoisotopic (exact) mass is 423 g/mol. The van der Waals surface area contributed by atoms with E-state index in [-0.39, 0.29) is 6.79 Å². The topological polar surface area (TPSA) is 58.4 Å². The Morgan fingerprint density at radius 1 is 1.11 bits per heavy atom. The molecule has 0 radical (unpaired) electrons. The molecule has 0 fully saturated rings. The summed E-state index contributed by atoms with van der Waals surface area (Å²) in [5.74, 6) is 3.48. The molecule has 9 heteroatoms. The van der Waals surface area contributed by atoms with Gasteiger partial charge in [0.05, 0.1) is 0 Å². The fourth-order valence-electron chi connectivity index (χ4n) is 2.49. The van der Waals surface area contributed by atoms with Crippen LogP contribution in [0.1, 0.15) is 11.4 Å². The van der Waals surface area contributed by atoms with Crippen LogP contribution in [0.5, 0.6) is 17.2 Å². The van der Waals surface area contributed by atoms with Gasteiger partial charge in [0.15, 0.2) is 22.5 Å². The number of benzene rings is 2. The Morgan fingerprint density at radius 3 is 2.81 bits per heavy atom. The Balaban J connectivity index is 1.38. The molecule has 0 spiro atoms. The second-order valence-electron chi connectivity index (χ2n) is 5.79. The summed E-state index contributed by atoms with van der Waals surface area (Å²) in [6, 6.07) is 10.9. The van der Waals surface area contributed by atoms with Gasteiger partial charge in [0.1, 0.15) is 12.4 Å². The Hall–Kier alpha value is -2.09. The molecule has 3 aromatic rings. The van der Waals surface area contributed by atoms with E-state index in [0.29, 0.717) is 33.9 Å². The number of hydrogen-bond acceptors (Lipinski definition) is 6. The van der Waals surface area contributed by atoms with Crippen LogP contribution in [0, 0.1) is 0 Å². The molecule has 1 aliphatic heterocycles. The van der Waals surface area contributed by atoms with Crippen molar-refractivity contribution in [1.29, 1.82) is 0 Å². The molecule has 0 saturated carbocycles. The van der Waals surface area contributed by atoms with Crippen LogP contribution < -0.4 is 14.2 Å². The zero-order valence-electron chi connectivity index (χ0n) is 14.3. The second-order valence-corrected chi connectivity index (χ2v) is 7.57. The minimum atomic E-state index is 0.236. The standard InChI is InChI=1S/C18H15Cl2N3O3S/c1-23-17(8-24-13-4-5-15-16(7-13)26-10-25-15)21-22-18(23)27-9-11-2-3-12(19)6-14(11)20/h2-7H,8-10H2,1H3. The predicted molar refractivity (Wildman–Crippen MR) is 104 cm³/mol. The van der Waals surface area contributed by atoms with Gasteiger partial charge in [-0.1, -0.05) is 41.0 Å². The van der Waals surface area contributed by atoms with Crippen molar-refractivity contribution in [2.45, 2.75) is 17.5 Å². The van der Waals surface area contributed by atoms with E-state index >= 15 is 0 Å². The third-order valence-corrected chi connectivity index (χ3v) is 5.66. The summed E-state index contributed by atoms with van der Waals surface area (Å²) in [4.78, 5) is 0. The zero-order valence-corrected chi connectivity index (χ0v) is 16.6. The fourth-order valence-corrected chi connectivity index (χ4v) is 3.98. The summed E-state index contributed by atoms with van der Waals surface area (Å²) in [5, 5.41) is 10.5. The number of rotatable bonds is 6. The summed E-state index contributed by atoms with van der Waals surface area (Å²) in [6.07, 6.45) is 0. The molecule has 140 valence electrons. The Kier molecular flexibility index (Phi) is 5.33. The Labute approximate surface area is 170 Å². The maximum atomic E-state index is 6.22. The highest BCUT2D eigenvalue weighted by Crippen LogP contribution is 2.35. The summed E-state index contributed by atoms with van der Waals surface area (Å²) in [6.45, 7) is 0.533. The third kappa shape index (κ3) is 4.10. The lowest BCUT2D eigenvalue weighted by atomic mass is 10.2. The van der Waals surface area contributed by atoms with E-state index in [1.165, 1.54) is 0 Å². The van der Waals surface area contributed by atoms with E-state index in [9.17, 15) is 0 Å². The number of nitrogens with zero attached hydrogens (tertiary/aromatic N) is 3. The van der Waals surface area contributed by atoms with Crippen molar-refractivity contribution in [3.8, 4) is 17.2 Å². The Bertz CT molecular complexity index is 980. The van der Waals surface area contributed by atoms with Gasteiger partial charge in [-0.3, -0.25) is 0 Å². The van der Waals surface area contributed by atoms with E-state index in [4.69, 9.17) is 37.4 Å². The number of thioether (sulfide) groups is 1. The molecular formula is C18H15Cl2N3O3S. The number of aromatic nitrogens is 3. The van der Waals surface area contributed by atoms with Crippen LogP contribution >= 0.6 is 35.0 Å². The average Bonchev–Trinajstić information content (AvgIpc) is 3.25. The molecule has 1 aliphatic rings. The Morgan fingerprint density at radius 2 is 1.96 bits per heavy atom. The maximum Gasteiger partial charge on any atom is 0.231 e. The van der Waals surface area contributed by atoms with Gasteiger partial charge in [-0.15, -0.1) is 10.2 Å². The molecule has 0 unspecified atom stereocenters. The van der Waals surface area contributed by atoms with Gasteiger partial charge < -0.3 is 18.8 Å². The number of halogens is 2. The average molecular weight is 424 g/mol. The SMILES string of the molecule is Cn1c(COc2ccc3c(c2)OCO3)nnc1SCc1ccc(Cl)cc1Cl. The van der Waals surface area contributed by atoms with Crippen LogP contribution in [0.25, 0.3) is 0 Å². The second kappa shape index (κ2) is 7.88. The molecule has 4 rings (SSSR count). The maximum absolute atomic E-state index is 6.22. The zero-order chi connectivity index (χ0) is 18.8. The molecule has 6 nitrogen and oxygen atoms in total. The smallest absolute Gasteiger partial charge is 0.231 e. The van der Waals surface area contributed by atoms with E-state index in [2.05, 4.69) is 10.2 Å². The molecule has 0 aliphatic carbocycles. The van der Waals surface area contributed by atoms with Crippen LogP contribution in [-0.4, -0.2) is 21.6 Å². The number of ether oxygens (including phenoxy) is 3. The predicted octanol–water partition coefficient (Wildman–Crippen LogP) is 4.72. The van der Waals surface area contributed by atoms with Gasteiger partial charge in [0, 0.05) is 28.9 Å². The molecule has 0 bridgehead atoms. The van der Waals surface area contributed by atoms with E-state index in [1.54, 1.807) is 23.9 Å². The van der Waals surface area contributed by atoms with Crippen LogP contribution in [0.15, 0.2) is 41.6 Å². The first kappa shape index (κ1) is 18.3. The number of hydrogen-bond donors (Lipinski definition) is 0. The largest absolute Gasteiger partial charge is 0.485 e. The van der Waals surface area contributed by atoms with Crippen molar-refractivity contribution in [2.24, 2.45) is 7.05 Å². The molecule has 0 saturated heterocycles. The van der Waals surface area contributed by atoms with Crippen molar-refractivity contribution in [3.05, 3.63) is 57.8 Å². The molecule has 0 amide bonds. The highest BCUT2D eigenvalue weighted by atomic mass is 35.5. The molecular weight excluding hydrogens is 409 g/mol. The van der Waals surface area contributed by atoms with E-state index in [1.807, 2.05) is 35.9 Å². The van der Waals surface area contributed by atoms with Gasteiger partial charge in [-0.25, -0.2) is 0 Å². The fraction of sp³-hybridized carbons (Fsp3) is 0.222. The molecule has 2 heterocycles. The minimum absolute atomic E-state index is 0.236. The van der Waals surface area contributed by atoms with E-state index < -0.39 is 0 Å². The first-order valence-electron chi connectivity index (χ1n) is 8.07. The highest BCUT2D eigenvalue weighted by molar-refractivity contribution is 7.98. The molecule has 2 aromatic carbocycles. The molecule has 27 heavy (non-hydrogen) atoms. The third-order valence-electron chi connectivity index (χ3n) is 4.01. The van der Waals surface area contributed by atoms with Gasteiger partial charge in [-0.2, -0.15) is 0 Å². The van der Waals surface area contributed by atoms with Gasteiger partial charge in [0.2, 0.25) is 6.79 Å². The summed E-state index contributed by atoms with van der Waals surface area (Å²) < 4.78 is 18.4. The highest BCUT2D eigenvalue weighted by Gasteiger charge is 2.15. The van der Waals surface area contributed by atoms with Crippen molar-refractivity contribution < 1.29 is 14.2 Å². The molecule has 0 N–H and O–H groups in total. The van der Waals surface area contributed by atoms with Crippen molar-refractivity contribution in [3.63, 3.8) is 0 Å². The summed E-state index contributed by atoms with van der Waals surface area (Å²) in [5.41, 5.74) is 0.993.